The van der Waals surface area contributed by atoms with E-state index in [4.69, 9.17) is 0 Å². The molecule has 1 N–H and O–H groups in total. The number of hydrogen-bond acceptors (Lipinski definition) is 1. The molecular formula is C12H14F3N. The smallest absolute Gasteiger partial charge is 0.194 e. The van der Waals surface area contributed by atoms with E-state index in [1.807, 2.05) is 6.92 Å². The third kappa shape index (κ3) is 2.85. The maximum atomic E-state index is 13.0. The normalized spacial score (nSPS) is 12.6. The molecule has 0 saturated heterocycles. The van der Waals surface area contributed by atoms with Crippen molar-refractivity contribution < 1.29 is 13.2 Å². The number of hydrogen-bond donors (Lipinski definition) is 1. The predicted octanol–water partition coefficient (Wildman–Crippen LogP) is 3.33. The van der Waals surface area contributed by atoms with Crippen molar-refractivity contribution in [2.24, 2.45) is 0 Å². The lowest BCUT2D eigenvalue weighted by Crippen LogP contribution is -2.17. The average molecular weight is 229 g/mol. The van der Waals surface area contributed by atoms with Gasteiger partial charge < -0.3 is 5.32 Å². The summed E-state index contributed by atoms with van der Waals surface area (Å²) in [6.07, 6.45) is 0.543. The largest absolute Gasteiger partial charge is 0.313 e. The van der Waals surface area contributed by atoms with Crippen LogP contribution < -0.4 is 5.32 Å². The summed E-state index contributed by atoms with van der Waals surface area (Å²) >= 11 is 0. The molecule has 0 radical (unpaired) electrons. The van der Waals surface area contributed by atoms with Crippen molar-refractivity contribution in [3.8, 4) is 0 Å². The maximum Gasteiger partial charge on any atom is 0.194 e. The number of halogens is 3. The van der Waals surface area contributed by atoms with Crippen molar-refractivity contribution in [3.63, 3.8) is 0 Å². The van der Waals surface area contributed by atoms with Crippen molar-refractivity contribution in [1.82, 2.24) is 5.32 Å². The molecule has 0 spiro atoms. The van der Waals surface area contributed by atoms with Gasteiger partial charge in [0.05, 0.1) is 0 Å². The fourth-order valence-corrected chi connectivity index (χ4v) is 1.51. The summed E-state index contributed by atoms with van der Waals surface area (Å²) in [6.45, 7) is 5.55. The zero-order valence-corrected chi connectivity index (χ0v) is 9.28. The summed E-state index contributed by atoms with van der Waals surface area (Å²) < 4.78 is 38.8. The molecule has 1 unspecified atom stereocenters. The van der Waals surface area contributed by atoms with Gasteiger partial charge >= 0.3 is 0 Å². The Morgan fingerprint density at radius 2 is 1.81 bits per heavy atom. The van der Waals surface area contributed by atoms with Crippen LogP contribution in [0.15, 0.2) is 24.3 Å². The molecule has 0 aliphatic rings. The van der Waals surface area contributed by atoms with Crippen LogP contribution in [0, 0.1) is 17.5 Å². The lowest BCUT2D eigenvalue weighted by Gasteiger charge is -2.17. The third-order valence-electron chi connectivity index (χ3n) is 2.31. The summed E-state index contributed by atoms with van der Waals surface area (Å²) in [4.78, 5) is 0. The minimum atomic E-state index is -1.44. The fourth-order valence-electron chi connectivity index (χ4n) is 1.51. The van der Waals surface area contributed by atoms with Gasteiger partial charge in [-0.2, -0.15) is 0 Å². The molecule has 16 heavy (non-hydrogen) atoms. The summed E-state index contributed by atoms with van der Waals surface area (Å²) in [5.74, 6) is -3.78. The summed E-state index contributed by atoms with van der Waals surface area (Å²) in [5, 5.41) is 2.91. The summed E-state index contributed by atoms with van der Waals surface area (Å²) in [7, 11) is 1.67. The van der Waals surface area contributed by atoms with Gasteiger partial charge in [-0.3, -0.25) is 0 Å². The van der Waals surface area contributed by atoms with Gasteiger partial charge in [0.25, 0.3) is 0 Å². The predicted molar refractivity (Wildman–Crippen MR) is 57.5 cm³/mol. The van der Waals surface area contributed by atoms with Crippen LogP contribution in [0.2, 0.25) is 0 Å². The highest BCUT2D eigenvalue weighted by Crippen LogP contribution is 2.23. The van der Waals surface area contributed by atoms with E-state index < -0.39 is 17.5 Å². The Morgan fingerprint density at radius 1 is 1.31 bits per heavy atom. The zero-order valence-electron chi connectivity index (χ0n) is 9.28. The molecule has 0 aromatic heterocycles. The van der Waals surface area contributed by atoms with E-state index in [-0.39, 0.29) is 6.04 Å². The Kier molecular flexibility index (Phi) is 4.12. The van der Waals surface area contributed by atoms with Crippen LogP contribution in [-0.2, 0) is 0 Å². The molecule has 0 aliphatic heterocycles. The molecule has 88 valence electrons. The first kappa shape index (κ1) is 12.8. The second-order valence-corrected chi connectivity index (χ2v) is 3.80. The maximum absolute atomic E-state index is 13.0. The topological polar surface area (TPSA) is 12.0 Å². The second kappa shape index (κ2) is 5.16. The van der Waals surface area contributed by atoms with Crippen LogP contribution in [0.25, 0.3) is 0 Å². The molecule has 0 amide bonds. The van der Waals surface area contributed by atoms with E-state index in [9.17, 15) is 13.2 Å². The van der Waals surface area contributed by atoms with Crippen LogP contribution in [0.1, 0.15) is 24.9 Å². The number of rotatable bonds is 4. The molecule has 0 saturated carbocycles. The molecule has 1 rings (SSSR count). The first-order valence-electron chi connectivity index (χ1n) is 4.91. The quantitative estimate of drug-likeness (QED) is 0.616. The van der Waals surface area contributed by atoms with Gasteiger partial charge in [-0.25, -0.2) is 13.2 Å². The lowest BCUT2D eigenvalue weighted by atomic mass is 10.00. The molecule has 0 heterocycles. The van der Waals surface area contributed by atoms with Gasteiger partial charge in [0.2, 0.25) is 0 Å². The average Bonchev–Trinajstić information content (AvgIpc) is 2.21. The lowest BCUT2D eigenvalue weighted by molar-refractivity contribution is 0.441. The van der Waals surface area contributed by atoms with E-state index in [2.05, 4.69) is 11.9 Å². The van der Waals surface area contributed by atoms with Gasteiger partial charge in [-0.05, 0) is 38.1 Å². The summed E-state index contributed by atoms with van der Waals surface area (Å²) in [5.41, 5.74) is 1.26. The van der Waals surface area contributed by atoms with Crippen molar-refractivity contribution >= 4 is 0 Å². The molecule has 1 nitrogen and oxygen atoms in total. The van der Waals surface area contributed by atoms with Gasteiger partial charge in [-0.15, -0.1) is 6.58 Å². The highest BCUT2D eigenvalue weighted by Gasteiger charge is 2.16. The zero-order chi connectivity index (χ0) is 12.3. The Hall–Kier alpha value is -1.29. The molecular weight excluding hydrogens is 215 g/mol. The first-order valence-corrected chi connectivity index (χ1v) is 4.91. The SMILES string of the molecule is C=C(C)CC(NC)c1cc(F)c(F)c(F)c1. The fraction of sp³-hybridized carbons (Fsp3) is 0.333. The van der Waals surface area contributed by atoms with Crippen LogP contribution in [0.3, 0.4) is 0 Å². The van der Waals surface area contributed by atoms with Crippen molar-refractivity contribution in [3.05, 3.63) is 47.3 Å². The standard InChI is InChI=1S/C12H14F3N/c1-7(2)4-11(16-3)8-5-9(13)12(15)10(14)6-8/h5-6,11,16H,1,4H2,2-3H3. The molecule has 4 heteroatoms. The van der Waals surface area contributed by atoms with Crippen LogP contribution in [-0.4, -0.2) is 7.05 Å². The minimum Gasteiger partial charge on any atom is -0.313 e. The van der Waals surface area contributed by atoms with E-state index >= 15 is 0 Å². The highest BCUT2D eigenvalue weighted by atomic mass is 19.2. The minimum absolute atomic E-state index is 0.262. The first-order chi connectivity index (χ1) is 7.45. The van der Waals surface area contributed by atoms with Crippen molar-refractivity contribution in [2.75, 3.05) is 7.05 Å². The monoisotopic (exact) mass is 229 g/mol. The van der Waals surface area contributed by atoms with Crippen LogP contribution >= 0.6 is 0 Å². The molecule has 0 fully saturated rings. The molecule has 1 aromatic rings. The number of benzene rings is 1. The third-order valence-corrected chi connectivity index (χ3v) is 2.31. The van der Waals surface area contributed by atoms with Crippen molar-refractivity contribution in [1.29, 1.82) is 0 Å². The Morgan fingerprint density at radius 3 is 2.19 bits per heavy atom. The summed E-state index contributed by atoms with van der Waals surface area (Å²) in [6, 6.07) is 1.74. The Balaban J connectivity index is 3.06. The van der Waals surface area contributed by atoms with Crippen molar-refractivity contribution in [2.45, 2.75) is 19.4 Å². The Labute approximate surface area is 93.0 Å². The van der Waals surface area contributed by atoms with Gasteiger partial charge in [0.1, 0.15) is 0 Å². The Bertz CT molecular complexity index is 378. The van der Waals surface area contributed by atoms with Crippen LogP contribution in [0.4, 0.5) is 13.2 Å². The van der Waals surface area contributed by atoms with Crippen LogP contribution in [0.5, 0.6) is 0 Å². The van der Waals surface area contributed by atoms with E-state index in [1.165, 1.54) is 0 Å². The van der Waals surface area contributed by atoms with E-state index in [1.54, 1.807) is 7.05 Å². The molecule has 1 aromatic carbocycles. The molecule has 0 bridgehead atoms. The second-order valence-electron chi connectivity index (χ2n) is 3.80. The van der Waals surface area contributed by atoms with Gasteiger partial charge in [0, 0.05) is 6.04 Å². The van der Waals surface area contributed by atoms with E-state index in [0.29, 0.717) is 12.0 Å². The highest BCUT2D eigenvalue weighted by molar-refractivity contribution is 5.23. The van der Waals surface area contributed by atoms with E-state index in [0.717, 1.165) is 17.7 Å². The molecule has 0 aliphatic carbocycles. The van der Waals surface area contributed by atoms with Gasteiger partial charge in [0.15, 0.2) is 17.5 Å². The van der Waals surface area contributed by atoms with Gasteiger partial charge in [-0.1, -0.05) is 5.57 Å². The number of nitrogens with one attached hydrogen (secondary N) is 1. The molecule has 1 atom stereocenters.